The van der Waals surface area contributed by atoms with Gasteiger partial charge < -0.3 is 15.0 Å². The number of aromatic nitrogens is 2. The molecule has 140 valence electrons. The Bertz CT molecular complexity index is 676. The van der Waals surface area contributed by atoms with Crippen molar-refractivity contribution in [1.29, 1.82) is 0 Å². The molecular formula is C17H27ClN4O3. The number of halogens is 1. The number of amides is 2. The van der Waals surface area contributed by atoms with Gasteiger partial charge in [-0.3, -0.25) is 9.48 Å². The third-order valence-electron chi connectivity index (χ3n) is 4.03. The first kappa shape index (κ1) is 19.6. The van der Waals surface area contributed by atoms with Gasteiger partial charge in [0.05, 0.1) is 17.7 Å². The summed E-state index contributed by atoms with van der Waals surface area (Å²) < 4.78 is 7.09. The number of ether oxygens (including phenoxy) is 1. The molecule has 0 radical (unpaired) electrons. The normalized spacial score (nSPS) is 14.9. The van der Waals surface area contributed by atoms with Gasteiger partial charge >= 0.3 is 6.09 Å². The number of nitrogens with one attached hydrogen (secondary N) is 1. The zero-order chi connectivity index (χ0) is 19.0. The van der Waals surface area contributed by atoms with Crippen LogP contribution in [0, 0.1) is 5.41 Å². The van der Waals surface area contributed by atoms with Crippen LogP contribution in [0.1, 0.15) is 45.9 Å². The fraction of sp³-hybridized carbons (Fsp3) is 0.706. The SMILES string of the molecule is Cn1nc2c(c1NC(=O)C(C)(C)CCl)CN(C(=O)OC(C)(C)C)CC2. The highest BCUT2D eigenvalue weighted by Gasteiger charge is 2.32. The van der Waals surface area contributed by atoms with Crippen LogP contribution >= 0.6 is 11.6 Å². The van der Waals surface area contributed by atoms with Crippen LogP contribution in [0.5, 0.6) is 0 Å². The standard InChI is InChI=1S/C17H27ClN4O3/c1-16(2,3)25-15(24)22-8-7-12-11(9-22)13(21(6)20-12)19-14(23)17(4,5)10-18/h7-10H2,1-6H3,(H,19,23). The number of hydrogen-bond acceptors (Lipinski definition) is 4. The lowest BCUT2D eigenvalue weighted by Gasteiger charge is -2.30. The number of hydrogen-bond donors (Lipinski definition) is 1. The van der Waals surface area contributed by atoms with Crippen molar-refractivity contribution in [3.05, 3.63) is 11.3 Å². The van der Waals surface area contributed by atoms with Gasteiger partial charge in [-0.15, -0.1) is 11.6 Å². The van der Waals surface area contributed by atoms with Crippen LogP contribution in [0.15, 0.2) is 0 Å². The molecule has 2 amide bonds. The van der Waals surface area contributed by atoms with Crippen molar-refractivity contribution in [3.8, 4) is 0 Å². The number of rotatable bonds is 3. The van der Waals surface area contributed by atoms with Crippen LogP contribution < -0.4 is 5.32 Å². The summed E-state index contributed by atoms with van der Waals surface area (Å²) in [6.07, 6.45) is 0.261. The van der Waals surface area contributed by atoms with Crippen molar-refractivity contribution in [1.82, 2.24) is 14.7 Å². The molecule has 0 saturated carbocycles. The molecule has 0 aromatic carbocycles. The molecule has 2 heterocycles. The van der Waals surface area contributed by atoms with E-state index in [0.29, 0.717) is 25.3 Å². The molecule has 0 atom stereocenters. The van der Waals surface area contributed by atoms with E-state index in [1.165, 1.54) is 0 Å². The summed E-state index contributed by atoms with van der Waals surface area (Å²) in [7, 11) is 1.78. The minimum absolute atomic E-state index is 0.178. The predicted octanol–water partition coefficient (Wildman–Crippen LogP) is 2.92. The van der Waals surface area contributed by atoms with Crippen LogP contribution in [0.2, 0.25) is 0 Å². The maximum absolute atomic E-state index is 12.5. The molecule has 0 aliphatic carbocycles. The molecule has 1 aromatic heterocycles. The first-order chi connectivity index (χ1) is 11.4. The molecule has 0 saturated heterocycles. The third kappa shape index (κ3) is 4.45. The molecule has 8 heteroatoms. The number of anilines is 1. The molecule has 1 aromatic rings. The second kappa shape index (κ2) is 6.86. The number of aryl methyl sites for hydroxylation is 1. The van der Waals surface area contributed by atoms with Gasteiger partial charge in [0.1, 0.15) is 11.4 Å². The number of nitrogens with zero attached hydrogens (tertiary/aromatic N) is 3. The average Bonchev–Trinajstić information content (AvgIpc) is 2.80. The average molecular weight is 371 g/mol. The molecule has 0 fully saturated rings. The Morgan fingerprint density at radius 1 is 1.28 bits per heavy atom. The maximum atomic E-state index is 12.5. The van der Waals surface area contributed by atoms with Gasteiger partial charge in [0.25, 0.3) is 0 Å². The van der Waals surface area contributed by atoms with Gasteiger partial charge in [-0.25, -0.2) is 4.79 Å². The van der Waals surface area contributed by atoms with E-state index >= 15 is 0 Å². The van der Waals surface area contributed by atoms with E-state index in [-0.39, 0.29) is 17.9 Å². The van der Waals surface area contributed by atoms with E-state index in [0.717, 1.165) is 11.3 Å². The van der Waals surface area contributed by atoms with E-state index in [1.807, 2.05) is 20.8 Å². The third-order valence-corrected chi connectivity index (χ3v) is 4.70. The summed E-state index contributed by atoms with van der Waals surface area (Å²) in [5, 5.41) is 7.39. The molecule has 1 aliphatic heterocycles. The lowest BCUT2D eigenvalue weighted by Crippen LogP contribution is -2.40. The van der Waals surface area contributed by atoms with E-state index in [4.69, 9.17) is 16.3 Å². The molecule has 1 N–H and O–H groups in total. The fourth-order valence-electron chi connectivity index (χ4n) is 2.48. The summed E-state index contributed by atoms with van der Waals surface area (Å²) in [4.78, 5) is 26.4. The second-order valence-electron chi connectivity index (χ2n) is 8.02. The Morgan fingerprint density at radius 3 is 2.48 bits per heavy atom. The van der Waals surface area contributed by atoms with Crippen LogP contribution in [-0.4, -0.2) is 44.7 Å². The highest BCUT2D eigenvalue weighted by Crippen LogP contribution is 2.28. The van der Waals surface area contributed by atoms with Crippen molar-refractivity contribution in [3.63, 3.8) is 0 Å². The summed E-state index contributed by atoms with van der Waals surface area (Å²) in [5.41, 5.74) is 0.492. The Balaban J connectivity index is 2.21. The highest BCUT2D eigenvalue weighted by molar-refractivity contribution is 6.20. The van der Waals surface area contributed by atoms with Gasteiger partial charge in [-0.05, 0) is 34.6 Å². The van der Waals surface area contributed by atoms with Crippen LogP contribution in [0.25, 0.3) is 0 Å². The van der Waals surface area contributed by atoms with Crippen LogP contribution in [0.4, 0.5) is 10.6 Å². The topological polar surface area (TPSA) is 76.5 Å². The minimum atomic E-state index is -0.696. The van der Waals surface area contributed by atoms with Crippen molar-refractivity contribution in [2.24, 2.45) is 12.5 Å². The Labute approximate surface area is 153 Å². The van der Waals surface area contributed by atoms with Crippen molar-refractivity contribution in [2.45, 2.75) is 53.2 Å². The first-order valence-corrected chi connectivity index (χ1v) is 8.88. The van der Waals surface area contributed by atoms with Crippen LogP contribution in [-0.2, 0) is 29.5 Å². The fourth-order valence-corrected chi connectivity index (χ4v) is 2.60. The van der Waals surface area contributed by atoms with Gasteiger partial charge in [0.15, 0.2) is 0 Å². The van der Waals surface area contributed by atoms with Crippen LogP contribution in [0.3, 0.4) is 0 Å². The van der Waals surface area contributed by atoms with Crippen molar-refractivity contribution in [2.75, 3.05) is 17.7 Å². The lowest BCUT2D eigenvalue weighted by molar-refractivity contribution is -0.123. The lowest BCUT2D eigenvalue weighted by atomic mass is 9.95. The van der Waals surface area contributed by atoms with E-state index in [9.17, 15) is 9.59 Å². The predicted molar refractivity (Wildman–Crippen MR) is 96.7 cm³/mol. The van der Waals surface area contributed by atoms with E-state index in [2.05, 4.69) is 10.4 Å². The minimum Gasteiger partial charge on any atom is -0.444 e. The zero-order valence-electron chi connectivity index (χ0n) is 15.8. The largest absolute Gasteiger partial charge is 0.444 e. The molecule has 7 nitrogen and oxygen atoms in total. The van der Waals surface area contributed by atoms with E-state index < -0.39 is 11.0 Å². The summed E-state index contributed by atoms with van der Waals surface area (Å²) >= 11 is 5.88. The Kier molecular flexibility index (Phi) is 5.37. The highest BCUT2D eigenvalue weighted by atomic mass is 35.5. The zero-order valence-corrected chi connectivity index (χ0v) is 16.5. The first-order valence-electron chi connectivity index (χ1n) is 8.34. The number of fused-ring (bicyclic) bond motifs is 1. The molecule has 1 aliphatic rings. The summed E-state index contributed by atoms with van der Waals surface area (Å²) in [6, 6.07) is 0. The van der Waals surface area contributed by atoms with E-state index in [1.54, 1.807) is 30.5 Å². The molecule has 25 heavy (non-hydrogen) atoms. The van der Waals surface area contributed by atoms with Gasteiger partial charge in [0, 0.05) is 31.5 Å². The van der Waals surface area contributed by atoms with Gasteiger partial charge in [0.2, 0.25) is 5.91 Å². The van der Waals surface area contributed by atoms with Gasteiger partial charge in [-0.2, -0.15) is 5.10 Å². The Hall–Kier alpha value is -1.76. The monoisotopic (exact) mass is 370 g/mol. The molecule has 0 spiro atoms. The second-order valence-corrected chi connectivity index (χ2v) is 8.29. The number of carbonyl (C=O) groups excluding carboxylic acids is 2. The summed E-state index contributed by atoms with van der Waals surface area (Å²) in [5.74, 6) is 0.636. The smallest absolute Gasteiger partial charge is 0.410 e. The maximum Gasteiger partial charge on any atom is 0.410 e. The van der Waals surface area contributed by atoms with Crippen molar-refractivity contribution >= 4 is 29.4 Å². The number of alkyl halides is 1. The molecule has 0 bridgehead atoms. The molecular weight excluding hydrogens is 344 g/mol. The quantitative estimate of drug-likeness (QED) is 0.830. The van der Waals surface area contributed by atoms with Gasteiger partial charge in [-0.1, -0.05) is 0 Å². The summed E-state index contributed by atoms with van der Waals surface area (Å²) in [6.45, 7) is 9.98. The number of carbonyl (C=O) groups is 2. The van der Waals surface area contributed by atoms with Crippen molar-refractivity contribution < 1.29 is 14.3 Å². The Morgan fingerprint density at radius 2 is 1.92 bits per heavy atom. The molecule has 2 rings (SSSR count). The molecule has 0 unspecified atom stereocenters.